The van der Waals surface area contributed by atoms with Crippen molar-refractivity contribution >= 4 is 49.4 Å². The molecule has 0 aliphatic carbocycles. The van der Waals surface area contributed by atoms with Crippen LogP contribution < -0.4 is 4.90 Å². The summed E-state index contributed by atoms with van der Waals surface area (Å²) in [4.78, 5) is 2.45. The van der Waals surface area contributed by atoms with Crippen LogP contribution in [-0.4, -0.2) is 0 Å². The average molecular weight is 700 g/mol. The van der Waals surface area contributed by atoms with Gasteiger partial charge in [0.15, 0.2) is 0 Å². The van der Waals surface area contributed by atoms with Gasteiger partial charge in [-0.1, -0.05) is 182 Å². The van der Waals surface area contributed by atoms with Crippen LogP contribution in [-0.2, 0) is 0 Å². The highest BCUT2D eigenvalue weighted by Crippen LogP contribution is 2.46. The number of para-hydroxylation sites is 1. The molecule has 1 nitrogen and oxygen atoms in total. The van der Waals surface area contributed by atoms with E-state index < -0.39 is 0 Å². The zero-order chi connectivity index (χ0) is 36.6. The molecular formula is C54H37N. The molecule has 55 heavy (non-hydrogen) atoms. The summed E-state index contributed by atoms with van der Waals surface area (Å²) in [5.41, 5.74) is 12.8. The molecule has 1 heteroatoms. The molecule has 0 atom stereocenters. The molecule has 0 saturated heterocycles. The Hall–Kier alpha value is -7.22. The number of nitrogens with zero attached hydrogens (tertiary/aromatic N) is 1. The summed E-state index contributed by atoms with van der Waals surface area (Å²) in [6.07, 6.45) is 0. The molecule has 0 fully saturated rings. The van der Waals surface area contributed by atoms with Crippen molar-refractivity contribution in [1.82, 2.24) is 0 Å². The van der Waals surface area contributed by atoms with Crippen molar-refractivity contribution < 1.29 is 0 Å². The topological polar surface area (TPSA) is 3.24 Å². The Kier molecular flexibility index (Phi) is 8.24. The molecule has 0 unspecified atom stereocenters. The lowest BCUT2D eigenvalue weighted by molar-refractivity contribution is 1.28. The molecule has 10 aromatic rings. The van der Waals surface area contributed by atoms with Crippen molar-refractivity contribution in [3.8, 4) is 44.5 Å². The van der Waals surface area contributed by atoms with Gasteiger partial charge in [-0.3, -0.25) is 0 Å². The van der Waals surface area contributed by atoms with Gasteiger partial charge in [0.05, 0.1) is 5.69 Å². The van der Waals surface area contributed by atoms with E-state index in [0.717, 1.165) is 17.1 Å². The minimum Gasteiger partial charge on any atom is -0.310 e. The SMILES string of the molecule is c1ccc(-c2ccc(N(c3cccc(-c4ccc5ccccc5c4)c3)c3ccccc3-c3cc4ccccc4c4ccccc34)cc2-c2ccccc2)cc1. The van der Waals surface area contributed by atoms with E-state index in [4.69, 9.17) is 0 Å². The molecule has 0 aliphatic heterocycles. The number of benzene rings is 10. The van der Waals surface area contributed by atoms with Crippen molar-refractivity contribution in [1.29, 1.82) is 0 Å². The highest BCUT2D eigenvalue weighted by molar-refractivity contribution is 6.15. The van der Waals surface area contributed by atoms with Crippen molar-refractivity contribution in [2.45, 2.75) is 0 Å². The summed E-state index contributed by atoms with van der Waals surface area (Å²) in [5.74, 6) is 0. The molecule has 10 aromatic carbocycles. The maximum absolute atomic E-state index is 2.45. The number of anilines is 3. The molecule has 0 bridgehead atoms. The van der Waals surface area contributed by atoms with Crippen LogP contribution >= 0.6 is 0 Å². The molecule has 0 N–H and O–H groups in total. The van der Waals surface area contributed by atoms with E-state index in [2.05, 4.69) is 229 Å². The molecule has 0 spiro atoms. The third-order valence-electron chi connectivity index (χ3n) is 10.8. The summed E-state index contributed by atoms with van der Waals surface area (Å²) < 4.78 is 0. The minimum absolute atomic E-state index is 1.09. The van der Waals surface area contributed by atoms with E-state index in [-0.39, 0.29) is 0 Å². The van der Waals surface area contributed by atoms with Crippen LogP contribution in [0.25, 0.3) is 76.8 Å². The maximum Gasteiger partial charge on any atom is 0.0540 e. The van der Waals surface area contributed by atoms with E-state index in [1.165, 1.54) is 76.8 Å². The molecule has 258 valence electrons. The lowest BCUT2D eigenvalue weighted by atomic mass is 9.91. The Bertz CT molecular complexity index is 2980. The molecular weight excluding hydrogens is 663 g/mol. The summed E-state index contributed by atoms with van der Waals surface area (Å²) in [5, 5.41) is 7.47. The Morgan fingerprint density at radius 1 is 0.236 bits per heavy atom. The molecule has 0 aliphatic rings. The predicted octanol–water partition coefficient (Wildman–Crippen LogP) is 15.3. The minimum atomic E-state index is 1.09. The van der Waals surface area contributed by atoms with Crippen LogP contribution in [0.1, 0.15) is 0 Å². The summed E-state index contributed by atoms with van der Waals surface area (Å²) >= 11 is 0. The highest BCUT2D eigenvalue weighted by atomic mass is 15.1. The van der Waals surface area contributed by atoms with E-state index in [1.54, 1.807) is 0 Å². The maximum atomic E-state index is 2.45. The monoisotopic (exact) mass is 699 g/mol. The first-order valence-electron chi connectivity index (χ1n) is 18.9. The average Bonchev–Trinajstić information content (AvgIpc) is 3.27. The normalized spacial score (nSPS) is 11.3. The lowest BCUT2D eigenvalue weighted by Crippen LogP contribution is -2.12. The van der Waals surface area contributed by atoms with E-state index in [9.17, 15) is 0 Å². The first-order chi connectivity index (χ1) is 27.3. The Balaban J connectivity index is 1.23. The summed E-state index contributed by atoms with van der Waals surface area (Å²) in [7, 11) is 0. The number of rotatable bonds is 7. The molecule has 10 rings (SSSR count). The predicted molar refractivity (Wildman–Crippen MR) is 235 cm³/mol. The number of hydrogen-bond donors (Lipinski definition) is 0. The summed E-state index contributed by atoms with van der Waals surface area (Å²) in [6, 6.07) is 81.6. The number of hydrogen-bond acceptors (Lipinski definition) is 1. The standard InChI is InChI=1S/C54H37N/c1-3-17-39(18-4-1)48-33-32-46(37-52(48)40-19-5-2-6-20-40)55(45-24-15-23-42(35-45)43-31-30-38-16-7-8-21-41(38)34-43)54-29-14-13-28-51(54)53-36-44-22-9-10-25-47(44)49-26-11-12-27-50(49)53/h1-37H. The smallest absolute Gasteiger partial charge is 0.0540 e. The van der Waals surface area contributed by atoms with E-state index >= 15 is 0 Å². The van der Waals surface area contributed by atoms with Gasteiger partial charge in [-0.2, -0.15) is 0 Å². The molecule has 0 heterocycles. The Morgan fingerprint density at radius 2 is 0.818 bits per heavy atom. The van der Waals surface area contributed by atoms with Gasteiger partial charge in [0, 0.05) is 16.9 Å². The fourth-order valence-corrected chi connectivity index (χ4v) is 8.19. The van der Waals surface area contributed by atoms with E-state index in [0.29, 0.717) is 0 Å². The van der Waals surface area contributed by atoms with Crippen molar-refractivity contribution in [2.24, 2.45) is 0 Å². The van der Waals surface area contributed by atoms with Crippen LogP contribution in [0, 0.1) is 0 Å². The van der Waals surface area contributed by atoms with Crippen LogP contribution in [0.4, 0.5) is 17.1 Å². The van der Waals surface area contributed by atoms with Crippen molar-refractivity contribution in [2.75, 3.05) is 4.90 Å². The first-order valence-corrected chi connectivity index (χ1v) is 18.9. The van der Waals surface area contributed by atoms with Crippen LogP contribution in [0.15, 0.2) is 224 Å². The quantitative estimate of drug-likeness (QED) is 0.150. The van der Waals surface area contributed by atoms with Crippen LogP contribution in [0.3, 0.4) is 0 Å². The van der Waals surface area contributed by atoms with Crippen LogP contribution in [0.2, 0.25) is 0 Å². The van der Waals surface area contributed by atoms with Gasteiger partial charge in [-0.25, -0.2) is 0 Å². The fourth-order valence-electron chi connectivity index (χ4n) is 8.19. The Morgan fingerprint density at radius 3 is 1.62 bits per heavy atom. The highest BCUT2D eigenvalue weighted by Gasteiger charge is 2.21. The first kappa shape index (κ1) is 32.4. The zero-order valence-electron chi connectivity index (χ0n) is 30.3. The second-order valence-corrected chi connectivity index (χ2v) is 14.1. The third-order valence-corrected chi connectivity index (χ3v) is 10.8. The van der Waals surface area contributed by atoms with Crippen LogP contribution in [0.5, 0.6) is 0 Å². The van der Waals surface area contributed by atoms with Gasteiger partial charge in [0.2, 0.25) is 0 Å². The van der Waals surface area contributed by atoms with Gasteiger partial charge in [0.25, 0.3) is 0 Å². The largest absolute Gasteiger partial charge is 0.310 e. The second-order valence-electron chi connectivity index (χ2n) is 14.1. The van der Waals surface area contributed by atoms with Crippen molar-refractivity contribution in [3.63, 3.8) is 0 Å². The Labute approximate surface area is 322 Å². The van der Waals surface area contributed by atoms with E-state index in [1.807, 2.05) is 0 Å². The lowest BCUT2D eigenvalue weighted by Gasteiger charge is -2.29. The van der Waals surface area contributed by atoms with Crippen molar-refractivity contribution in [3.05, 3.63) is 224 Å². The van der Waals surface area contributed by atoms with Gasteiger partial charge >= 0.3 is 0 Å². The molecule has 0 amide bonds. The zero-order valence-corrected chi connectivity index (χ0v) is 30.3. The summed E-state index contributed by atoms with van der Waals surface area (Å²) in [6.45, 7) is 0. The molecule has 0 aromatic heterocycles. The molecule has 0 radical (unpaired) electrons. The number of fused-ring (bicyclic) bond motifs is 4. The van der Waals surface area contributed by atoms with Gasteiger partial charge in [-0.15, -0.1) is 0 Å². The third kappa shape index (κ3) is 6.02. The van der Waals surface area contributed by atoms with Gasteiger partial charge in [0.1, 0.15) is 0 Å². The van der Waals surface area contributed by atoms with Gasteiger partial charge < -0.3 is 4.90 Å². The van der Waals surface area contributed by atoms with Gasteiger partial charge in [-0.05, 0) is 114 Å². The molecule has 0 saturated carbocycles. The second kappa shape index (κ2) is 14.0. The fraction of sp³-hybridized carbons (Fsp3) is 0.